The van der Waals surface area contributed by atoms with E-state index >= 15 is 0 Å². The number of hydrogen-bond acceptors (Lipinski definition) is 4. The summed E-state index contributed by atoms with van der Waals surface area (Å²) in [5.41, 5.74) is 0.880. The van der Waals surface area contributed by atoms with Gasteiger partial charge in [-0.3, -0.25) is 9.59 Å². The summed E-state index contributed by atoms with van der Waals surface area (Å²) in [5.74, 6) is -2.67. The minimum absolute atomic E-state index is 0.318. The zero-order valence-electron chi connectivity index (χ0n) is 11.4. The molecule has 1 aromatic carbocycles. The molecule has 0 saturated carbocycles. The SMILES string of the molecule is COC(=O)C(=O)CC(=O)N(C)CCc1ccc(F)cc1. The first-order valence-corrected chi connectivity index (χ1v) is 6.03. The summed E-state index contributed by atoms with van der Waals surface area (Å²) < 4.78 is 17.0. The van der Waals surface area contributed by atoms with E-state index in [9.17, 15) is 18.8 Å². The molecule has 6 heteroatoms. The standard InChI is InChI=1S/C14H16FNO4/c1-16(13(18)9-12(17)14(19)20-2)8-7-10-3-5-11(15)6-4-10/h3-6H,7-9H2,1-2H3. The van der Waals surface area contributed by atoms with Crippen LogP contribution < -0.4 is 0 Å². The summed E-state index contributed by atoms with van der Waals surface area (Å²) in [6.07, 6.45) is 0.0293. The number of rotatable bonds is 6. The smallest absolute Gasteiger partial charge is 0.374 e. The molecule has 0 spiro atoms. The summed E-state index contributed by atoms with van der Waals surface area (Å²) >= 11 is 0. The molecule has 0 saturated heterocycles. The Labute approximate surface area is 116 Å². The van der Waals surface area contributed by atoms with Gasteiger partial charge in [0.05, 0.1) is 13.5 Å². The van der Waals surface area contributed by atoms with Crippen molar-refractivity contribution in [2.75, 3.05) is 20.7 Å². The van der Waals surface area contributed by atoms with Crippen molar-refractivity contribution >= 4 is 17.7 Å². The number of carbonyl (C=O) groups is 3. The highest BCUT2D eigenvalue weighted by Crippen LogP contribution is 2.05. The Morgan fingerprint density at radius 3 is 2.35 bits per heavy atom. The maximum atomic E-state index is 12.7. The van der Waals surface area contributed by atoms with Crippen LogP contribution in [0.4, 0.5) is 4.39 Å². The average molecular weight is 281 g/mol. The lowest BCUT2D eigenvalue weighted by molar-refractivity contribution is -0.153. The highest BCUT2D eigenvalue weighted by molar-refractivity contribution is 6.36. The van der Waals surface area contributed by atoms with E-state index in [1.54, 1.807) is 12.1 Å². The highest BCUT2D eigenvalue weighted by Gasteiger charge is 2.20. The molecule has 0 aliphatic rings. The Kier molecular flexibility index (Phi) is 5.83. The van der Waals surface area contributed by atoms with E-state index in [-0.39, 0.29) is 5.82 Å². The number of halogens is 1. The van der Waals surface area contributed by atoms with Crippen LogP contribution >= 0.6 is 0 Å². The van der Waals surface area contributed by atoms with Crippen LogP contribution in [0, 0.1) is 5.82 Å². The lowest BCUT2D eigenvalue weighted by Crippen LogP contribution is -2.32. The number of likely N-dealkylation sites (N-methyl/N-ethyl adjacent to an activating group) is 1. The largest absolute Gasteiger partial charge is 0.463 e. The van der Waals surface area contributed by atoms with Crippen LogP contribution in [0.15, 0.2) is 24.3 Å². The molecule has 5 nitrogen and oxygen atoms in total. The van der Waals surface area contributed by atoms with Crippen LogP contribution in [0.5, 0.6) is 0 Å². The van der Waals surface area contributed by atoms with Gasteiger partial charge in [0.25, 0.3) is 0 Å². The van der Waals surface area contributed by atoms with Crippen LogP contribution in [-0.2, 0) is 25.5 Å². The first kappa shape index (κ1) is 15.8. The minimum atomic E-state index is -1.02. The van der Waals surface area contributed by atoms with Crippen molar-refractivity contribution in [1.82, 2.24) is 4.90 Å². The van der Waals surface area contributed by atoms with Crippen molar-refractivity contribution in [3.8, 4) is 0 Å². The third kappa shape index (κ3) is 4.79. The predicted octanol–water partition coefficient (Wildman–Crippen LogP) is 0.959. The fourth-order valence-electron chi connectivity index (χ4n) is 1.53. The Balaban J connectivity index is 2.44. The molecule has 0 aliphatic heterocycles. The van der Waals surface area contributed by atoms with E-state index in [0.717, 1.165) is 12.7 Å². The van der Waals surface area contributed by atoms with Crippen molar-refractivity contribution in [1.29, 1.82) is 0 Å². The van der Waals surface area contributed by atoms with Gasteiger partial charge in [-0.1, -0.05) is 12.1 Å². The molecule has 0 aromatic heterocycles. The number of Topliss-reactive ketones (excluding diaryl/α,β-unsaturated/α-hetero) is 1. The molecule has 1 rings (SSSR count). The molecule has 0 fully saturated rings. The third-order valence-electron chi connectivity index (χ3n) is 2.80. The zero-order valence-corrected chi connectivity index (χ0v) is 11.4. The lowest BCUT2D eigenvalue weighted by atomic mass is 10.1. The second kappa shape index (κ2) is 7.37. The maximum Gasteiger partial charge on any atom is 0.374 e. The zero-order chi connectivity index (χ0) is 15.1. The van der Waals surface area contributed by atoms with Gasteiger partial charge in [-0.2, -0.15) is 0 Å². The van der Waals surface area contributed by atoms with Gasteiger partial charge < -0.3 is 9.64 Å². The Morgan fingerprint density at radius 2 is 1.80 bits per heavy atom. The molecule has 0 N–H and O–H groups in total. The predicted molar refractivity (Wildman–Crippen MR) is 69.4 cm³/mol. The van der Waals surface area contributed by atoms with E-state index in [1.165, 1.54) is 24.1 Å². The van der Waals surface area contributed by atoms with Gasteiger partial charge in [0, 0.05) is 13.6 Å². The third-order valence-corrected chi connectivity index (χ3v) is 2.80. The number of esters is 1. The van der Waals surface area contributed by atoms with Crippen LogP contribution in [-0.4, -0.2) is 43.3 Å². The maximum absolute atomic E-state index is 12.7. The Bertz CT molecular complexity index is 498. The minimum Gasteiger partial charge on any atom is -0.463 e. The molecule has 0 heterocycles. The molecule has 1 amide bonds. The first-order chi connectivity index (χ1) is 9.43. The van der Waals surface area contributed by atoms with Gasteiger partial charge in [-0.25, -0.2) is 9.18 Å². The Morgan fingerprint density at radius 1 is 1.20 bits per heavy atom. The molecule has 1 aromatic rings. The monoisotopic (exact) mass is 281 g/mol. The summed E-state index contributed by atoms with van der Waals surface area (Å²) in [7, 11) is 2.62. The molecule has 0 aliphatic carbocycles. The summed E-state index contributed by atoms with van der Waals surface area (Å²) in [4.78, 5) is 35.2. The van der Waals surface area contributed by atoms with E-state index in [2.05, 4.69) is 4.74 Å². The van der Waals surface area contributed by atoms with E-state index < -0.39 is 24.1 Å². The topological polar surface area (TPSA) is 63.7 Å². The van der Waals surface area contributed by atoms with Crippen molar-refractivity contribution in [2.24, 2.45) is 0 Å². The number of amides is 1. The molecule has 0 unspecified atom stereocenters. The second-order valence-electron chi connectivity index (χ2n) is 4.28. The van der Waals surface area contributed by atoms with Crippen molar-refractivity contribution in [3.05, 3.63) is 35.6 Å². The number of ether oxygens (including phenoxy) is 1. The van der Waals surface area contributed by atoms with Crippen LogP contribution in [0.1, 0.15) is 12.0 Å². The summed E-state index contributed by atoms with van der Waals surface area (Å²) in [6, 6.07) is 5.95. The van der Waals surface area contributed by atoms with Crippen molar-refractivity contribution < 1.29 is 23.5 Å². The first-order valence-electron chi connectivity index (χ1n) is 6.03. The van der Waals surface area contributed by atoms with Crippen LogP contribution in [0.3, 0.4) is 0 Å². The molecule has 0 atom stereocenters. The summed E-state index contributed by atoms with van der Waals surface area (Å²) in [6.45, 7) is 0.374. The van der Waals surface area contributed by atoms with E-state index in [1.807, 2.05) is 0 Å². The Hall–Kier alpha value is -2.24. The fraction of sp³-hybridized carbons (Fsp3) is 0.357. The van der Waals surface area contributed by atoms with E-state index in [0.29, 0.717) is 13.0 Å². The second-order valence-corrected chi connectivity index (χ2v) is 4.28. The normalized spacial score (nSPS) is 9.95. The van der Waals surface area contributed by atoms with Crippen molar-refractivity contribution in [2.45, 2.75) is 12.8 Å². The van der Waals surface area contributed by atoms with Crippen LogP contribution in [0.2, 0.25) is 0 Å². The number of nitrogens with zero attached hydrogens (tertiary/aromatic N) is 1. The lowest BCUT2D eigenvalue weighted by Gasteiger charge is -2.16. The fourth-order valence-corrected chi connectivity index (χ4v) is 1.53. The quantitative estimate of drug-likeness (QED) is 0.442. The molecule has 0 radical (unpaired) electrons. The van der Waals surface area contributed by atoms with Gasteiger partial charge in [-0.15, -0.1) is 0 Å². The van der Waals surface area contributed by atoms with Crippen LogP contribution in [0.25, 0.3) is 0 Å². The van der Waals surface area contributed by atoms with Gasteiger partial charge in [0.1, 0.15) is 5.82 Å². The van der Waals surface area contributed by atoms with Gasteiger partial charge in [-0.05, 0) is 24.1 Å². The highest BCUT2D eigenvalue weighted by atomic mass is 19.1. The van der Waals surface area contributed by atoms with Gasteiger partial charge >= 0.3 is 5.97 Å². The molecule has 20 heavy (non-hydrogen) atoms. The van der Waals surface area contributed by atoms with E-state index in [4.69, 9.17) is 0 Å². The molecular weight excluding hydrogens is 265 g/mol. The summed E-state index contributed by atoms with van der Waals surface area (Å²) in [5, 5.41) is 0. The number of benzene rings is 1. The molecule has 0 bridgehead atoms. The number of ketones is 1. The van der Waals surface area contributed by atoms with Gasteiger partial charge in [0.2, 0.25) is 11.7 Å². The number of carbonyl (C=O) groups excluding carboxylic acids is 3. The molecular formula is C14H16FNO4. The average Bonchev–Trinajstić information content (AvgIpc) is 2.45. The number of methoxy groups -OCH3 is 1. The molecule has 108 valence electrons. The van der Waals surface area contributed by atoms with Crippen molar-refractivity contribution in [3.63, 3.8) is 0 Å². The van der Waals surface area contributed by atoms with Gasteiger partial charge in [0.15, 0.2) is 0 Å². The number of hydrogen-bond donors (Lipinski definition) is 0.